The topological polar surface area (TPSA) is 49.9 Å². The molecule has 0 bridgehead atoms. The van der Waals surface area contributed by atoms with Crippen LogP contribution in [-0.4, -0.2) is 5.84 Å². The number of nitrogens with one attached hydrogen (secondary N) is 1. The summed E-state index contributed by atoms with van der Waals surface area (Å²) in [5, 5.41) is 8.60. The van der Waals surface area contributed by atoms with Gasteiger partial charge in [-0.3, -0.25) is 5.41 Å². The van der Waals surface area contributed by atoms with Gasteiger partial charge in [0.15, 0.2) is 0 Å². The minimum Gasteiger partial charge on any atom is -0.384 e. The van der Waals surface area contributed by atoms with Crippen molar-refractivity contribution in [3.8, 4) is 0 Å². The third-order valence-corrected chi connectivity index (χ3v) is 4.32. The molecule has 0 aliphatic carbocycles. The van der Waals surface area contributed by atoms with Gasteiger partial charge in [-0.15, -0.1) is 0 Å². The highest BCUT2D eigenvalue weighted by Gasteiger charge is 2.07. The van der Waals surface area contributed by atoms with Crippen molar-refractivity contribution in [2.45, 2.75) is 9.79 Å². The highest BCUT2D eigenvalue weighted by Crippen LogP contribution is 2.37. The summed E-state index contributed by atoms with van der Waals surface area (Å²) in [6, 6.07) is 12.9. The van der Waals surface area contributed by atoms with E-state index in [0.29, 0.717) is 15.6 Å². The fraction of sp³-hybridized carbons (Fsp3) is 0. The molecule has 2 nitrogen and oxygen atoms in total. The van der Waals surface area contributed by atoms with Gasteiger partial charge in [0, 0.05) is 15.4 Å². The molecule has 0 aromatic heterocycles. The van der Waals surface area contributed by atoms with Gasteiger partial charge in [-0.1, -0.05) is 53.2 Å². The largest absolute Gasteiger partial charge is 0.384 e. The summed E-state index contributed by atoms with van der Waals surface area (Å²) in [4.78, 5) is 1.83. The van der Waals surface area contributed by atoms with E-state index in [0.717, 1.165) is 9.79 Å². The standard InChI is InChI=1S/C13H10Cl2N2S/c14-9-3-1-2-4-11(9)18-12-6-5-8(13(16)17)7-10(12)15/h1-7H,(H3,16,17). The zero-order valence-corrected chi connectivity index (χ0v) is 11.6. The van der Waals surface area contributed by atoms with Crippen LogP contribution in [0.15, 0.2) is 52.3 Å². The molecule has 2 rings (SSSR count). The maximum atomic E-state index is 7.35. The Hall–Kier alpha value is -1.16. The van der Waals surface area contributed by atoms with Gasteiger partial charge in [-0.05, 0) is 24.3 Å². The van der Waals surface area contributed by atoms with Crippen LogP contribution in [0.2, 0.25) is 10.0 Å². The van der Waals surface area contributed by atoms with Gasteiger partial charge in [0.25, 0.3) is 0 Å². The lowest BCUT2D eigenvalue weighted by atomic mass is 10.2. The molecule has 0 amide bonds. The first-order valence-corrected chi connectivity index (χ1v) is 6.71. The molecule has 0 saturated heterocycles. The summed E-state index contributed by atoms with van der Waals surface area (Å²) in [6.45, 7) is 0. The molecule has 0 saturated carbocycles. The quantitative estimate of drug-likeness (QED) is 0.650. The van der Waals surface area contributed by atoms with Crippen molar-refractivity contribution in [2.75, 3.05) is 0 Å². The number of amidine groups is 1. The Bertz CT molecular complexity index is 599. The molecule has 0 heterocycles. The average molecular weight is 297 g/mol. The lowest BCUT2D eigenvalue weighted by molar-refractivity contribution is 1.37. The Labute approximate surface area is 120 Å². The second-order valence-corrected chi connectivity index (χ2v) is 5.49. The second kappa shape index (κ2) is 5.65. The molecular formula is C13H10Cl2N2S. The minimum absolute atomic E-state index is 0.00573. The molecule has 18 heavy (non-hydrogen) atoms. The number of halogens is 2. The first-order valence-electron chi connectivity index (χ1n) is 5.14. The monoisotopic (exact) mass is 296 g/mol. The van der Waals surface area contributed by atoms with Crippen molar-refractivity contribution in [3.63, 3.8) is 0 Å². The zero-order chi connectivity index (χ0) is 13.1. The maximum absolute atomic E-state index is 7.35. The number of nitrogen functional groups attached to an aromatic ring is 1. The number of hydrogen-bond donors (Lipinski definition) is 2. The normalized spacial score (nSPS) is 10.3. The van der Waals surface area contributed by atoms with E-state index < -0.39 is 0 Å². The predicted molar refractivity (Wildman–Crippen MR) is 78.0 cm³/mol. The van der Waals surface area contributed by atoms with Crippen LogP contribution in [0.1, 0.15) is 5.56 Å². The maximum Gasteiger partial charge on any atom is 0.122 e. The van der Waals surface area contributed by atoms with Crippen LogP contribution in [0.4, 0.5) is 0 Å². The van der Waals surface area contributed by atoms with E-state index in [1.54, 1.807) is 12.1 Å². The minimum atomic E-state index is 0.00573. The van der Waals surface area contributed by atoms with Crippen LogP contribution in [0, 0.1) is 5.41 Å². The van der Waals surface area contributed by atoms with E-state index in [1.807, 2.05) is 30.3 Å². The van der Waals surface area contributed by atoms with Crippen molar-refractivity contribution in [1.82, 2.24) is 0 Å². The highest BCUT2D eigenvalue weighted by atomic mass is 35.5. The van der Waals surface area contributed by atoms with Gasteiger partial charge >= 0.3 is 0 Å². The Kier molecular flexibility index (Phi) is 4.17. The SMILES string of the molecule is N=C(N)c1ccc(Sc2ccccc2Cl)c(Cl)c1. The van der Waals surface area contributed by atoms with Gasteiger partial charge < -0.3 is 5.73 Å². The fourth-order valence-corrected chi connectivity index (χ4v) is 2.79. The molecule has 5 heteroatoms. The molecule has 0 aliphatic rings. The summed E-state index contributed by atoms with van der Waals surface area (Å²) < 4.78 is 0. The van der Waals surface area contributed by atoms with Gasteiger partial charge in [0.2, 0.25) is 0 Å². The van der Waals surface area contributed by atoms with E-state index in [2.05, 4.69) is 0 Å². The Morgan fingerprint density at radius 3 is 2.28 bits per heavy atom. The van der Waals surface area contributed by atoms with Crippen molar-refractivity contribution in [3.05, 3.63) is 58.1 Å². The van der Waals surface area contributed by atoms with Crippen molar-refractivity contribution >= 4 is 40.8 Å². The van der Waals surface area contributed by atoms with Crippen molar-refractivity contribution in [2.24, 2.45) is 5.73 Å². The number of nitrogens with two attached hydrogens (primary N) is 1. The lowest BCUT2D eigenvalue weighted by Gasteiger charge is -2.07. The molecular weight excluding hydrogens is 287 g/mol. The molecule has 92 valence electrons. The molecule has 0 aliphatic heterocycles. The zero-order valence-electron chi connectivity index (χ0n) is 9.28. The number of hydrogen-bond acceptors (Lipinski definition) is 2. The van der Waals surface area contributed by atoms with Crippen molar-refractivity contribution in [1.29, 1.82) is 5.41 Å². The third kappa shape index (κ3) is 2.99. The molecule has 0 atom stereocenters. The number of rotatable bonds is 3. The van der Waals surface area contributed by atoms with Gasteiger partial charge in [0.1, 0.15) is 5.84 Å². The van der Waals surface area contributed by atoms with Crippen LogP contribution >= 0.6 is 35.0 Å². The van der Waals surface area contributed by atoms with E-state index in [9.17, 15) is 0 Å². The molecule has 2 aromatic rings. The number of benzene rings is 2. The van der Waals surface area contributed by atoms with Crippen molar-refractivity contribution < 1.29 is 0 Å². The third-order valence-electron chi connectivity index (χ3n) is 2.30. The van der Waals surface area contributed by atoms with Gasteiger partial charge in [0.05, 0.1) is 10.0 Å². The second-order valence-electron chi connectivity index (χ2n) is 3.59. The predicted octanol–water partition coefficient (Wildman–Crippen LogP) is 4.43. The summed E-state index contributed by atoms with van der Waals surface area (Å²) in [7, 11) is 0. The van der Waals surface area contributed by atoms with Crippen LogP contribution in [-0.2, 0) is 0 Å². The first kappa shape index (κ1) is 13.3. The van der Waals surface area contributed by atoms with Crippen LogP contribution < -0.4 is 5.73 Å². The highest BCUT2D eigenvalue weighted by molar-refractivity contribution is 7.99. The fourth-order valence-electron chi connectivity index (χ4n) is 1.40. The summed E-state index contributed by atoms with van der Waals surface area (Å²) >= 11 is 13.7. The summed E-state index contributed by atoms with van der Waals surface area (Å²) in [6.07, 6.45) is 0. The Morgan fingerprint density at radius 1 is 1.00 bits per heavy atom. The molecule has 0 unspecified atom stereocenters. The molecule has 0 spiro atoms. The molecule has 3 N–H and O–H groups in total. The van der Waals surface area contributed by atoms with Crippen LogP contribution in [0.3, 0.4) is 0 Å². The molecule has 0 fully saturated rings. The molecule has 0 radical (unpaired) electrons. The summed E-state index contributed by atoms with van der Waals surface area (Å²) in [5.41, 5.74) is 6.02. The lowest BCUT2D eigenvalue weighted by Crippen LogP contribution is -2.10. The van der Waals surface area contributed by atoms with E-state index in [4.69, 9.17) is 34.3 Å². The Morgan fingerprint density at radius 2 is 1.67 bits per heavy atom. The van der Waals surface area contributed by atoms with E-state index in [1.165, 1.54) is 11.8 Å². The smallest absolute Gasteiger partial charge is 0.122 e. The van der Waals surface area contributed by atoms with E-state index in [-0.39, 0.29) is 5.84 Å². The van der Waals surface area contributed by atoms with Crippen LogP contribution in [0.25, 0.3) is 0 Å². The average Bonchev–Trinajstić information content (AvgIpc) is 2.34. The first-order chi connectivity index (χ1) is 8.58. The van der Waals surface area contributed by atoms with Crippen LogP contribution in [0.5, 0.6) is 0 Å². The summed E-state index contributed by atoms with van der Waals surface area (Å²) in [5.74, 6) is 0.00573. The Balaban J connectivity index is 2.30. The van der Waals surface area contributed by atoms with Gasteiger partial charge in [-0.25, -0.2) is 0 Å². The molecule has 2 aromatic carbocycles. The van der Waals surface area contributed by atoms with Gasteiger partial charge in [-0.2, -0.15) is 0 Å². The van der Waals surface area contributed by atoms with E-state index >= 15 is 0 Å².